The van der Waals surface area contributed by atoms with Crippen molar-refractivity contribution in [1.82, 2.24) is 9.88 Å². The van der Waals surface area contributed by atoms with Crippen LogP contribution in [0.2, 0.25) is 0 Å². The van der Waals surface area contributed by atoms with Crippen molar-refractivity contribution in [1.29, 1.82) is 0 Å². The van der Waals surface area contributed by atoms with E-state index < -0.39 is 0 Å². The van der Waals surface area contributed by atoms with Crippen LogP contribution >= 0.6 is 22.6 Å². The van der Waals surface area contributed by atoms with Gasteiger partial charge in [-0.05, 0) is 46.4 Å². The molecule has 1 aromatic carbocycles. The van der Waals surface area contributed by atoms with E-state index in [1.54, 1.807) is 36.7 Å². The van der Waals surface area contributed by atoms with E-state index in [1.165, 1.54) is 4.90 Å². The molecule has 2 aromatic rings. The first-order valence-electron chi connectivity index (χ1n) is 5.72. The monoisotopic (exact) mass is 364 g/mol. The molecule has 2 amide bonds. The maximum atomic E-state index is 12.2. The third kappa shape index (κ3) is 2.03. The standard InChI is InChI=1S/C14H9IN2O2/c15-12-7-16-6-5-9(12)8-17-13(18)10-3-1-2-4-11(10)14(17)19/h1-7H,8H2. The van der Waals surface area contributed by atoms with Gasteiger partial charge in [-0.1, -0.05) is 12.1 Å². The highest BCUT2D eigenvalue weighted by Gasteiger charge is 2.35. The van der Waals surface area contributed by atoms with E-state index in [9.17, 15) is 9.59 Å². The Morgan fingerprint density at radius 2 is 1.68 bits per heavy atom. The van der Waals surface area contributed by atoms with Crippen molar-refractivity contribution in [2.45, 2.75) is 6.54 Å². The number of benzene rings is 1. The molecule has 4 nitrogen and oxygen atoms in total. The van der Waals surface area contributed by atoms with Crippen molar-refractivity contribution in [3.63, 3.8) is 0 Å². The minimum atomic E-state index is -0.229. The molecule has 94 valence electrons. The van der Waals surface area contributed by atoms with Gasteiger partial charge in [0, 0.05) is 16.0 Å². The van der Waals surface area contributed by atoms with Gasteiger partial charge in [0.15, 0.2) is 0 Å². The minimum Gasteiger partial charge on any atom is -0.270 e. The number of hydrogen-bond acceptors (Lipinski definition) is 3. The van der Waals surface area contributed by atoms with Crippen LogP contribution in [0.4, 0.5) is 0 Å². The van der Waals surface area contributed by atoms with Crippen LogP contribution in [0.1, 0.15) is 26.3 Å². The van der Waals surface area contributed by atoms with Crippen molar-refractivity contribution >= 4 is 34.4 Å². The minimum absolute atomic E-state index is 0.229. The molecule has 0 unspecified atom stereocenters. The van der Waals surface area contributed by atoms with Crippen molar-refractivity contribution in [3.05, 3.63) is 63.0 Å². The predicted octanol–water partition coefficient (Wildman–Crippen LogP) is 2.48. The topological polar surface area (TPSA) is 50.3 Å². The van der Waals surface area contributed by atoms with E-state index in [2.05, 4.69) is 27.6 Å². The smallest absolute Gasteiger partial charge is 0.261 e. The zero-order valence-corrected chi connectivity index (χ0v) is 12.0. The Kier molecular flexibility index (Phi) is 3.06. The quantitative estimate of drug-likeness (QED) is 0.608. The lowest BCUT2D eigenvalue weighted by atomic mass is 10.1. The van der Waals surface area contributed by atoms with E-state index in [0.717, 1.165) is 9.13 Å². The highest BCUT2D eigenvalue weighted by Crippen LogP contribution is 2.25. The van der Waals surface area contributed by atoms with Crippen molar-refractivity contribution < 1.29 is 9.59 Å². The first-order valence-corrected chi connectivity index (χ1v) is 6.80. The molecule has 0 radical (unpaired) electrons. The fraction of sp³-hybridized carbons (Fsp3) is 0.0714. The Morgan fingerprint density at radius 3 is 2.26 bits per heavy atom. The number of carbonyl (C=O) groups excluding carboxylic acids is 2. The largest absolute Gasteiger partial charge is 0.270 e. The van der Waals surface area contributed by atoms with Crippen LogP contribution in [0.3, 0.4) is 0 Å². The van der Waals surface area contributed by atoms with Gasteiger partial charge in [0.25, 0.3) is 11.8 Å². The van der Waals surface area contributed by atoms with Crippen LogP contribution in [0.15, 0.2) is 42.7 Å². The number of imide groups is 1. The van der Waals surface area contributed by atoms with Crippen molar-refractivity contribution in [2.24, 2.45) is 0 Å². The molecule has 0 saturated heterocycles. The number of rotatable bonds is 2. The number of halogens is 1. The molecule has 0 aliphatic carbocycles. The summed E-state index contributed by atoms with van der Waals surface area (Å²) < 4.78 is 0.941. The van der Waals surface area contributed by atoms with Crippen LogP contribution in [0.25, 0.3) is 0 Å². The van der Waals surface area contributed by atoms with Crippen LogP contribution in [0, 0.1) is 3.57 Å². The second kappa shape index (κ2) is 4.73. The first-order chi connectivity index (χ1) is 9.18. The lowest BCUT2D eigenvalue weighted by molar-refractivity contribution is 0.0642. The molecule has 0 atom stereocenters. The summed E-state index contributed by atoms with van der Waals surface area (Å²) in [5.41, 5.74) is 1.89. The normalized spacial score (nSPS) is 13.8. The summed E-state index contributed by atoms with van der Waals surface area (Å²) in [4.78, 5) is 29.7. The van der Waals surface area contributed by atoms with E-state index in [0.29, 0.717) is 11.1 Å². The Hall–Kier alpha value is -1.76. The fourth-order valence-electron chi connectivity index (χ4n) is 2.09. The zero-order chi connectivity index (χ0) is 13.4. The van der Waals surface area contributed by atoms with Gasteiger partial charge in [0.2, 0.25) is 0 Å². The summed E-state index contributed by atoms with van der Waals surface area (Å²) in [5, 5.41) is 0. The van der Waals surface area contributed by atoms with E-state index in [4.69, 9.17) is 0 Å². The molecule has 0 N–H and O–H groups in total. The molecule has 0 fully saturated rings. The van der Waals surface area contributed by atoms with Gasteiger partial charge in [0.1, 0.15) is 0 Å². The summed E-state index contributed by atoms with van der Waals surface area (Å²) in [5.74, 6) is -0.457. The molecule has 1 aliphatic rings. The van der Waals surface area contributed by atoms with Crippen LogP contribution < -0.4 is 0 Å². The molecule has 1 aromatic heterocycles. The number of pyridine rings is 1. The second-order valence-corrected chi connectivity index (χ2v) is 5.37. The average molecular weight is 364 g/mol. The molecular formula is C14H9IN2O2. The van der Waals surface area contributed by atoms with Crippen molar-refractivity contribution in [2.75, 3.05) is 0 Å². The maximum absolute atomic E-state index is 12.2. The highest BCUT2D eigenvalue weighted by molar-refractivity contribution is 14.1. The van der Waals surface area contributed by atoms with Crippen molar-refractivity contribution in [3.8, 4) is 0 Å². The van der Waals surface area contributed by atoms with Crippen LogP contribution in [0.5, 0.6) is 0 Å². The molecule has 2 heterocycles. The zero-order valence-electron chi connectivity index (χ0n) is 9.84. The summed E-state index contributed by atoms with van der Waals surface area (Å²) in [6, 6.07) is 8.74. The summed E-state index contributed by atoms with van der Waals surface area (Å²) in [7, 11) is 0. The van der Waals surface area contributed by atoms with Crippen LogP contribution in [-0.4, -0.2) is 21.7 Å². The first kappa shape index (κ1) is 12.3. The number of aromatic nitrogens is 1. The molecule has 5 heteroatoms. The van der Waals surface area contributed by atoms with Gasteiger partial charge in [-0.3, -0.25) is 19.5 Å². The van der Waals surface area contributed by atoms with Gasteiger partial charge in [-0.25, -0.2) is 0 Å². The number of fused-ring (bicyclic) bond motifs is 1. The summed E-state index contributed by atoms with van der Waals surface area (Å²) >= 11 is 2.15. The molecule has 0 saturated carbocycles. The van der Waals surface area contributed by atoms with Gasteiger partial charge in [-0.2, -0.15) is 0 Å². The highest BCUT2D eigenvalue weighted by atomic mass is 127. The number of carbonyl (C=O) groups is 2. The average Bonchev–Trinajstić information content (AvgIpc) is 2.67. The molecule has 0 spiro atoms. The van der Waals surface area contributed by atoms with Crippen LogP contribution in [-0.2, 0) is 6.54 Å². The lowest BCUT2D eigenvalue weighted by Gasteiger charge is -2.14. The second-order valence-electron chi connectivity index (χ2n) is 4.21. The number of amides is 2. The number of hydrogen-bond donors (Lipinski definition) is 0. The predicted molar refractivity (Wildman–Crippen MR) is 77.6 cm³/mol. The third-order valence-electron chi connectivity index (χ3n) is 3.06. The Labute approximate surface area is 123 Å². The molecule has 19 heavy (non-hydrogen) atoms. The molecular weight excluding hydrogens is 355 g/mol. The van der Waals surface area contributed by atoms with Gasteiger partial charge >= 0.3 is 0 Å². The fourth-order valence-corrected chi connectivity index (χ4v) is 2.60. The molecule has 3 rings (SSSR count). The summed E-state index contributed by atoms with van der Waals surface area (Å²) in [6.07, 6.45) is 3.38. The SMILES string of the molecule is O=C1c2ccccc2C(=O)N1Cc1ccncc1I. The maximum Gasteiger partial charge on any atom is 0.261 e. The Bertz CT molecular complexity index is 650. The van der Waals surface area contributed by atoms with Gasteiger partial charge < -0.3 is 0 Å². The number of nitrogens with zero attached hydrogens (tertiary/aromatic N) is 2. The van der Waals surface area contributed by atoms with E-state index >= 15 is 0 Å². The van der Waals surface area contributed by atoms with E-state index in [1.807, 2.05) is 6.07 Å². The summed E-state index contributed by atoms with van der Waals surface area (Å²) in [6.45, 7) is 0.285. The van der Waals surface area contributed by atoms with E-state index in [-0.39, 0.29) is 18.4 Å². The Morgan fingerprint density at radius 1 is 1.05 bits per heavy atom. The lowest BCUT2D eigenvalue weighted by Crippen LogP contribution is -2.29. The molecule has 0 bridgehead atoms. The van der Waals surface area contributed by atoms with Gasteiger partial charge in [-0.15, -0.1) is 0 Å². The Balaban J connectivity index is 1.95. The molecule has 1 aliphatic heterocycles. The van der Waals surface area contributed by atoms with Gasteiger partial charge in [0.05, 0.1) is 17.7 Å². The third-order valence-corrected chi connectivity index (χ3v) is 4.03.